The Morgan fingerprint density at radius 2 is 2.22 bits per heavy atom. The summed E-state index contributed by atoms with van der Waals surface area (Å²) >= 11 is 0. The molecule has 1 atom stereocenters. The number of rotatable bonds is 3. The Morgan fingerprint density at radius 3 is 3.00 bits per heavy atom. The highest BCUT2D eigenvalue weighted by molar-refractivity contribution is 5.78. The number of aromatic nitrogens is 1. The number of furan rings is 1. The first-order valence-electron chi connectivity index (χ1n) is 5.68. The first-order valence-corrected chi connectivity index (χ1v) is 5.68. The van der Waals surface area contributed by atoms with Gasteiger partial charge < -0.3 is 19.9 Å². The molecule has 92 valence electrons. The van der Waals surface area contributed by atoms with Crippen LogP contribution in [0.2, 0.25) is 0 Å². The third-order valence-corrected chi connectivity index (χ3v) is 2.72. The van der Waals surface area contributed by atoms with Crippen LogP contribution in [0.4, 0.5) is 11.7 Å². The van der Waals surface area contributed by atoms with Crippen LogP contribution in [0.3, 0.4) is 0 Å². The molecule has 0 saturated heterocycles. The molecule has 0 aliphatic heterocycles. The van der Waals surface area contributed by atoms with Crippen molar-refractivity contribution in [3.05, 3.63) is 42.4 Å². The van der Waals surface area contributed by atoms with Gasteiger partial charge in [0.2, 0.25) is 0 Å². The predicted molar refractivity (Wildman–Crippen MR) is 69.2 cm³/mol. The molecule has 1 aromatic carbocycles. The van der Waals surface area contributed by atoms with Gasteiger partial charge in [-0.15, -0.1) is 0 Å². The SMILES string of the molecule is CC(Nc1nc2ccc(N)cc2o1)c1ccco1. The summed E-state index contributed by atoms with van der Waals surface area (Å²) in [5, 5.41) is 3.14. The van der Waals surface area contributed by atoms with E-state index in [2.05, 4.69) is 10.3 Å². The average Bonchev–Trinajstić information content (AvgIpc) is 2.95. The number of hydrogen-bond donors (Lipinski definition) is 2. The molecular formula is C13H13N3O2. The summed E-state index contributed by atoms with van der Waals surface area (Å²) < 4.78 is 10.9. The molecule has 18 heavy (non-hydrogen) atoms. The van der Waals surface area contributed by atoms with E-state index in [1.165, 1.54) is 0 Å². The second-order valence-corrected chi connectivity index (χ2v) is 4.13. The molecule has 0 saturated carbocycles. The largest absolute Gasteiger partial charge is 0.467 e. The molecule has 2 aromatic heterocycles. The minimum atomic E-state index is -0.00888. The number of benzene rings is 1. The monoisotopic (exact) mass is 243 g/mol. The summed E-state index contributed by atoms with van der Waals surface area (Å²) in [6, 6.07) is 9.58. The molecule has 0 radical (unpaired) electrons. The van der Waals surface area contributed by atoms with Crippen molar-refractivity contribution in [2.75, 3.05) is 11.1 Å². The van der Waals surface area contributed by atoms with Crippen molar-refractivity contribution in [3.63, 3.8) is 0 Å². The molecular weight excluding hydrogens is 230 g/mol. The van der Waals surface area contributed by atoms with Crippen LogP contribution < -0.4 is 11.1 Å². The summed E-state index contributed by atoms with van der Waals surface area (Å²) in [5.74, 6) is 0.830. The topological polar surface area (TPSA) is 77.2 Å². The molecule has 0 aliphatic rings. The number of fused-ring (bicyclic) bond motifs is 1. The molecule has 0 bridgehead atoms. The van der Waals surface area contributed by atoms with Crippen molar-refractivity contribution in [1.29, 1.82) is 0 Å². The zero-order valence-electron chi connectivity index (χ0n) is 9.88. The molecule has 3 N–H and O–H groups in total. The lowest BCUT2D eigenvalue weighted by atomic mass is 10.3. The molecule has 3 rings (SSSR count). The van der Waals surface area contributed by atoms with Crippen LogP contribution >= 0.6 is 0 Å². The van der Waals surface area contributed by atoms with E-state index < -0.39 is 0 Å². The molecule has 3 aromatic rings. The van der Waals surface area contributed by atoms with E-state index in [0.29, 0.717) is 17.3 Å². The number of nitrogens with zero attached hydrogens (tertiary/aromatic N) is 1. The maximum absolute atomic E-state index is 5.69. The van der Waals surface area contributed by atoms with Gasteiger partial charge in [-0.25, -0.2) is 0 Å². The summed E-state index contributed by atoms with van der Waals surface area (Å²) in [6.45, 7) is 1.97. The summed E-state index contributed by atoms with van der Waals surface area (Å²) in [4.78, 5) is 4.33. The Morgan fingerprint density at radius 1 is 1.33 bits per heavy atom. The second-order valence-electron chi connectivity index (χ2n) is 4.13. The van der Waals surface area contributed by atoms with E-state index in [1.54, 1.807) is 18.4 Å². The van der Waals surface area contributed by atoms with Crippen LogP contribution in [0.15, 0.2) is 45.4 Å². The third-order valence-electron chi connectivity index (χ3n) is 2.72. The van der Waals surface area contributed by atoms with Crippen molar-refractivity contribution in [2.45, 2.75) is 13.0 Å². The van der Waals surface area contributed by atoms with Crippen molar-refractivity contribution in [1.82, 2.24) is 4.98 Å². The highest BCUT2D eigenvalue weighted by atomic mass is 16.4. The third kappa shape index (κ3) is 1.90. The number of anilines is 2. The Balaban J connectivity index is 1.86. The van der Waals surface area contributed by atoms with Gasteiger partial charge >= 0.3 is 0 Å². The summed E-state index contributed by atoms with van der Waals surface area (Å²) in [6.07, 6.45) is 1.64. The number of nitrogen functional groups attached to an aromatic ring is 1. The van der Waals surface area contributed by atoms with Gasteiger partial charge in [-0.1, -0.05) is 0 Å². The number of nitrogens with one attached hydrogen (secondary N) is 1. The minimum Gasteiger partial charge on any atom is -0.467 e. The van der Waals surface area contributed by atoms with Crippen LogP contribution in [-0.4, -0.2) is 4.98 Å². The zero-order chi connectivity index (χ0) is 12.5. The standard InChI is InChI=1S/C13H13N3O2/c1-8(11-3-2-6-17-11)15-13-16-10-5-4-9(14)7-12(10)18-13/h2-8H,14H2,1H3,(H,15,16). The van der Waals surface area contributed by atoms with Crippen LogP contribution in [0, 0.1) is 0 Å². The summed E-state index contributed by atoms with van der Waals surface area (Å²) in [7, 11) is 0. The number of oxazole rings is 1. The minimum absolute atomic E-state index is 0.00888. The highest BCUT2D eigenvalue weighted by Crippen LogP contribution is 2.24. The van der Waals surface area contributed by atoms with Gasteiger partial charge in [-0.3, -0.25) is 0 Å². The Hall–Kier alpha value is -2.43. The van der Waals surface area contributed by atoms with Crippen LogP contribution in [0.25, 0.3) is 11.1 Å². The molecule has 0 fully saturated rings. The lowest BCUT2D eigenvalue weighted by Crippen LogP contribution is -2.05. The van der Waals surface area contributed by atoms with E-state index in [0.717, 1.165) is 11.3 Å². The van der Waals surface area contributed by atoms with Gasteiger partial charge in [0.05, 0.1) is 12.3 Å². The Labute approximate surface area is 104 Å². The van der Waals surface area contributed by atoms with Crippen LogP contribution in [0.5, 0.6) is 0 Å². The second kappa shape index (κ2) is 4.10. The Bertz CT molecular complexity index is 658. The van der Waals surface area contributed by atoms with Crippen LogP contribution in [-0.2, 0) is 0 Å². The fraction of sp³-hybridized carbons (Fsp3) is 0.154. The van der Waals surface area contributed by atoms with Gasteiger partial charge in [0.25, 0.3) is 6.01 Å². The van der Waals surface area contributed by atoms with Crippen LogP contribution in [0.1, 0.15) is 18.7 Å². The van der Waals surface area contributed by atoms with Crippen molar-refractivity contribution >= 4 is 22.8 Å². The first-order chi connectivity index (χ1) is 8.72. The number of hydrogen-bond acceptors (Lipinski definition) is 5. The molecule has 0 spiro atoms. The molecule has 0 amide bonds. The Kier molecular flexibility index (Phi) is 2.44. The lowest BCUT2D eigenvalue weighted by molar-refractivity contribution is 0.483. The maximum atomic E-state index is 5.69. The number of nitrogens with two attached hydrogens (primary N) is 1. The molecule has 5 nitrogen and oxygen atoms in total. The summed E-state index contributed by atoms with van der Waals surface area (Å²) in [5.41, 5.74) is 7.79. The quantitative estimate of drug-likeness (QED) is 0.691. The van der Waals surface area contributed by atoms with Crippen molar-refractivity contribution < 1.29 is 8.83 Å². The van der Waals surface area contributed by atoms with E-state index in [4.69, 9.17) is 14.6 Å². The molecule has 0 aliphatic carbocycles. The van der Waals surface area contributed by atoms with E-state index in [-0.39, 0.29) is 6.04 Å². The van der Waals surface area contributed by atoms with E-state index in [9.17, 15) is 0 Å². The van der Waals surface area contributed by atoms with Gasteiger partial charge in [-0.2, -0.15) is 4.98 Å². The first kappa shape index (κ1) is 10.7. The van der Waals surface area contributed by atoms with Crippen molar-refractivity contribution in [3.8, 4) is 0 Å². The van der Waals surface area contributed by atoms with Gasteiger partial charge in [0, 0.05) is 11.8 Å². The van der Waals surface area contributed by atoms with Gasteiger partial charge in [0.15, 0.2) is 5.58 Å². The fourth-order valence-corrected chi connectivity index (χ4v) is 1.80. The smallest absolute Gasteiger partial charge is 0.296 e. The average molecular weight is 243 g/mol. The van der Waals surface area contributed by atoms with Gasteiger partial charge in [-0.05, 0) is 31.2 Å². The van der Waals surface area contributed by atoms with Crippen molar-refractivity contribution in [2.24, 2.45) is 0 Å². The van der Waals surface area contributed by atoms with Gasteiger partial charge in [0.1, 0.15) is 11.3 Å². The normalized spacial score (nSPS) is 12.7. The molecule has 1 unspecified atom stereocenters. The van der Waals surface area contributed by atoms with E-state index >= 15 is 0 Å². The predicted octanol–water partition coefficient (Wildman–Crippen LogP) is 3.18. The lowest BCUT2D eigenvalue weighted by Gasteiger charge is -2.07. The molecule has 5 heteroatoms. The molecule has 2 heterocycles. The maximum Gasteiger partial charge on any atom is 0.296 e. The highest BCUT2D eigenvalue weighted by Gasteiger charge is 2.12. The fourth-order valence-electron chi connectivity index (χ4n) is 1.80. The van der Waals surface area contributed by atoms with E-state index in [1.807, 2.05) is 25.1 Å². The zero-order valence-corrected chi connectivity index (χ0v) is 9.88.